The van der Waals surface area contributed by atoms with Crippen molar-refractivity contribution in [1.82, 2.24) is 0 Å². The fraction of sp³-hybridized carbons (Fsp3) is 0.455. The molecule has 2 heteroatoms. The molecule has 13 heavy (non-hydrogen) atoms. The van der Waals surface area contributed by atoms with Crippen molar-refractivity contribution >= 4 is 17.4 Å². The summed E-state index contributed by atoms with van der Waals surface area (Å²) in [6, 6.07) is 8.63. The Balaban J connectivity index is 2.11. The Labute approximate surface area is 83.9 Å². The van der Waals surface area contributed by atoms with E-state index in [-0.39, 0.29) is 0 Å². The number of benzene rings is 1. The molecule has 0 saturated carbocycles. The van der Waals surface area contributed by atoms with Gasteiger partial charge in [0.2, 0.25) is 0 Å². The maximum atomic E-state index is 3.48. The number of nitrogens with one attached hydrogen (secondary N) is 1. The Morgan fingerprint density at radius 1 is 1.46 bits per heavy atom. The SMILES string of the molecule is CSCC1CNc2ccccc2C1. The molecule has 1 N–H and O–H groups in total. The van der Waals surface area contributed by atoms with Crippen molar-refractivity contribution in [2.75, 3.05) is 23.9 Å². The summed E-state index contributed by atoms with van der Waals surface area (Å²) in [5, 5.41) is 3.48. The van der Waals surface area contributed by atoms with Gasteiger partial charge < -0.3 is 5.32 Å². The zero-order valence-corrected chi connectivity index (χ0v) is 8.73. The highest BCUT2D eigenvalue weighted by atomic mass is 32.2. The second-order valence-electron chi connectivity index (χ2n) is 3.56. The van der Waals surface area contributed by atoms with Gasteiger partial charge in [-0.15, -0.1) is 0 Å². The van der Waals surface area contributed by atoms with E-state index in [1.807, 2.05) is 11.8 Å². The zero-order valence-electron chi connectivity index (χ0n) is 7.92. The first kappa shape index (κ1) is 8.95. The molecule has 1 unspecified atom stereocenters. The van der Waals surface area contributed by atoms with E-state index in [9.17, 15) is 0 Å². The van der Waals surface area contributed by atoms with Crippen molar-refractivity contribution in [3.8, 4) is 0 Å². The summed E-state index contributed by atoms with van der Waals surface area (Å²) in [6.45, 7) is 1.14. The van der Waals surface area contributed by atoms with Crippen LogP contribution >= 0.6 is 11.8 Å². The van der Waals surface area contributed by atoms with E-state index in [0.717, 1.165) is 12.5 Å². The van der Waals surface area contributed by atoms with Crippen molar-refractivity contribution in [1.29, 1.82) is 0 Å². The van der Waals surface area contributed by atoms with Crippen LogP contribution in [0.15, 0.2) is 24.3 Å². The Bertz CT molecular complexity index is 285. The number of rotatable bonds is 2. The second kappa shape index (κ2) is 4.05. The molecule has 0 bridgehead atoms. The molecule has 1 aromatic carbocycles. The predicted molar refractivity (Wildman–Crippen MR) is 60.5 cm³/mol. The lowest BCUT2D eigenvalue weighted by atomic mass is 9.95. The smallest absolute Gasteiger partial charge is 0.0372 e. The van der Waals surface area contributed by atoms with Crippen LogP contribution in [0, 0.1) is 5.92 Å². The molecule has 0 aliphatic carbocycles. The van der Waals surface area contributed by atoms with Crippen molar-refractivity contribution in [2.24, 2.45) is 5.92 Å². The maximum absolute atomic E-state index is 3.48. The highest BCUT2D eigenvalue weighted by molar-refractivity contribution is 7.98. The van der Waals surface area contributed by atoms with E-state index in [4.69, 9.17) is 0 Å². The molecule has 0 radical (unpaired) electrons. The van der Waals surface area contributed by atoms with Crippen LogP contribution in [0.2, 0.25) is 0 Å². The van der Waals surface area contributed by atoms with Gasteiger partial charge >= 0.3 is 0 Å². The summed E-state index contributed by atoms with van der Waals surface area (Å²) in [6.07, 6.45) is 3.42. The van der Waals surface area contributed by atoms with Gasteiger partial charge in [0, 0.05) is 12.2 Å². The molecule has 1 aliphatic rings. The molecule has 1 heterocycles. The third-order valence-corrected chi connectivity index (χ3v) is 3.31. The summed E-state index contributed by atoms with van der Waals surface area (Å²) in [5.74, 6) is 2.08. The van der Waals surface area contributed by atoms with Crippen LogP contribution in [-0.4, -0.2) is 18.6 Å². The van der Waals surface area contributed by atoms with Crippen molar-refractivity contribution in [2.45, 2.75) is 6.42 Å². The van der Waals surface area contributed by atoms with E-state index in [2.05, 4.69) is 35.8 Å². The minimum atomic E-state index is 0.810. The van der Waals surface area contributed by atoms with Crippen molar-refractivity contribution in [3.63, 3.8) is 0 Å². The Kier molecular flexibility index (Phi) is 2.79. The van der Waals surface area contributed by atoms with Gasteiger partial charge in [-0.25, -0.2) is 0 Å². The molecule has 0 fully saturated rings. The van der Waals surface area contributed by atoms with E-state index in [1.165, 1.54) is 23.4 Å². The number of fused-ring (bicyclic) bond motifs is 1. The fourth-order valence-corrected chi connectivity index (χ4v) is 2.57. The van der Waals surface area contributed by atoms with Crippen LogP contribution in [0.4, 0.5) is 5.69 Å². The average molecular weight is 193 g/mol. The highest BCUT2D eigenvalue weighted by Crippen LogP contribution is 2.25. The molecule has 0 aromatic heterocycles. The molecule has 1 aliphatic heterocycles. The lowest BCUT2D eigenvalue weighted by molar-refractivity contribution is 0.605. The van der Waals surface area contributed by atoms with E-state index in [0.29, 0.717) is 0 Å². The summed E-state index contributed by atoms with van der Waals surface area (Å²) < 4.78 is 0. The lowest BCUT2D eigenvalue weighted by Crippen LogP contribution is -2.24. The number of hydrogen-bond acceptors (Lipinski definition) is 2. The minimum absolute atomic E-state index is 0.810. The van der Waals surface area contributed by atoms with Crippen LogP contribution in [0.1, 0.15) is 5.56 Å². The van der Waals surface area contributed by atoms with Crippen LogP contribution in [0.25, 0.3) is 0 Å². The number of para-hydroxylation sites is 1. The maximum Gasteiger partial charge on any atom is 0.0372 e. The molecule has 0 spiro atoms. The molecule has 1 nitrogen and oxygen atoms in total. The number of thioether (sulfide) groups is 1. The first-order valence-electron chi connectivity index (χ1n) is 4.71. The van der Waals surface area contributed by atoms with Gasteiger partial charge in [0.05, 0.1) is 0 Å². The second-order valence-corrected chi connectivity index (χ2v) is 4.47. The third-order valence-electron chi connectivity index (χ3n) is 2.51. The average Bonchev–Trinajstić information content (AvgIpc) is 2.18. The van der Waals surface area contributed by atoms with Gasteiger partial charge in [0.1, 0.15) is 0 Å². The van der Waals surface area contributed by atoms with Gasteiger partial charge in [-0.2, -0.15) is 11.8 Å². The quantitative estimate of drug-likeness (QED) is 0.775. The zero-order chi connectivity index (χ0) is 9.10. The third kappa shape index (κ3) is 1.99. The fourth-order valence-electron chi connectivity index (χ4n) is 1.86. The van der Waals surface area contributed by atoms with E-state index >= 15 is 0 Å². The molecule has 1 atom stereocenters. The summed E-state index contributed by atoms with van der Waals surface area (Å²) >= 11 is 1.94. The molecular formula is C11H15NS. The lowest BCUT2D eigenvalue weighted by Gasteiger charge is -2.25. The van der Waals surface area contributed by atoms with Crippen LogP contribution in [0.3, 0.4) is 0 Å². The predicted octanol–water partition coefficient (Wildman–Crippen LogP) is 2.63. The summed E-state index contributed by atoms with van der Waals surface area (Å²) in [4.78, 5) is 0. The van der Waals surface area contributed by atoms with Crippen LogP contribution in [0.5, 0.6) is 0 Å². The Morgan fingerprint density at radius 3 is 3.15 bits per heavy atom. The standard InChI is InChI=1S/C11H15NS/c1-13-8-9-6-10-4-2-3-5-11(10)12-7-9/h2-5,9,12H,6-8H2,1H3. The summed E-state index contributed by atoms with van der Waals surface area (Å²) in [7, 11) is 0. The van der Waals surface area contributed by atoms with Gasteiger partial charge in [-0.3, -0.25) is 0 Å². The van der Waals surface area contributed by atoms with E-state index < -0.39 is 0 Å². The topological polar surface area (TPSA) is 12.0 Å². The molecule has 0 saturated heterocycles. The number of anilines is 1. The molecule has 1 aromatic rings. The Morgan fingerprint density at radius 2 is 2.31 bits per heavy atom. The van der Waals surface area contributed by atoms with Crippen molar-refractivity contribution in [3.05, 3.63) is 29.8 Å². The Hall–Kier alpha value is -0.630. The van der Waals surface area contributed by atoms with Gasteiger partial charge in [-0.05, 0) is 36.0 Å². The molecule has 70 valence electrons. The largest absolute Gasteiger partial charge is 0.385 e. The number of hydrogen-bond donors (Lipinski definition) is 1. The van der Waals surface area contributed by atoms with Crippen LogP contribution < -0.4 is 5.32 Å². The normalized spacial score (nSPS) is 20.5. The first-order chi connectivity index (χ1) is 6.40. The molecule has 0 amide bonds. The highest BCUT2D eigenvalue weighted by Gasteiger charge is 2.16. The first-order valence-corrected chi connectivity index (χ1v) is 6.10. The summed E-state index contributed by atoms with van der Waals surface area (Å²) in [5.41, 5.74) is 2.81. The molecule has 2 rings (SSSR count). The van der Waals surface area contributed by atoms with Crippen molar-refractivity contribution < 1.29 is 0 Å². The van der Waals surface area contributed by atoms with Gasteiger partial charge in [0.25, 0.3) is 0 Å². The minimum Gasteiger partial charge on any atom is -0.385 e. The van der Waals surface area contributed by atoms with Gasteiger partial charge in [0.15, 0.2) is 0 Å². The molecular weight excluding hydrogens is 178 g/mol. The van der Waals surface area contributed by atoms with E-state index in [1.54, 1.807) is 0 Å². The van der Waals surface area contributed by atoms with Crippen LogP contribution in [-0.2, 0) is 6.42 Å². The monoisotopic (exact) mass is 193 g/mol. The van der Waals surface area contributed by atoms with Gasteiger partial charge in [-0.1, -0.05) is 18.2 Å².